The number of hydrogen-bond acceptors (Lipinski definition) is 6. The van der Waals surface area contributed by atoms with E-state index in [9.17, 15) is 0 Å². The fourth-order valence-electron chi connectivity index (χ4n) is 3.41. The first kappa shape index (κ1) is 14.4. The molecule has 6 nitrogen and oxygen atoms in total. The summed E-state index contributed by atoms with van der Waals surface area (Å²) in [6, 6.07) is 0. The van der Waals surface area contributed by atoms with Crippen LogP contribution in [0.1, 0.15) is 25.7 Å². The molecule has 21 heavy (non-hydrogen) atoms. The Morgan fingerprint density at radius 2 is 0.810 bits per heavy atom. The lowest BCUT2D eigenvalue weighted by molar-refractivity contribution is -0.383. The van der Waals surface area contributed by atoms with Crippen LogP contribution in [0, 0.1) is 5.41 Å². The molecule has 4 rings (SSSR count). The average Bonchev–Trinajstić information content (AvgIpc) is 2.56. The molecule has 0 bridgehead atoms. The average molecular weight is 300 g/mol. The largest absolute Gasteiger partial charge is 0.381 e. The smallest absolute Gasteiger partial charge is 0.172 e. The van der Waals surface area contributed by atoms with Crippen molar-refractivity contribution in [2.75, 3.05) is 52.9 Å². The summed E-state index contributed by atoms with van der Waals surface area (Å²) in [7, 11) is 0. The highest BCUT2D eigenvalue weighted by Crippen LogP contribution is 2.41. The van der Waals surface area contributed by atoms with Crippen molar-refractivity contribution >= 4 is 0 Å². The molecule has 0 saturated carbocycles. The number of rotatable bonds is 0. The molecular formula is C15H24O6. The molecule has 0 amide bonds. The maximum Gasteiger partial charge on any atom is 0.172 e. The monoisotopic (exact) mass is 300 g/mol. The van der Waals surface area contributed by atoms with Gasteiger partial charge in [0.2, 0.25) is 0 Å². The molecule has 4 aliphatic rings. The summed E-state index contributed by atoms with van der Waals surface area (Å²) in [5, 5.41) is 0. The maximum absolute atomic E-state index is 6.09. The summed E-state index contributed by atoms with van der Waals surface area (Å²) in [5.74, 6) is -0.866. The van der Waals surface area contributed by atoms with E-state index in [1.807, 2.05) is 0 Å². The van der Waals surface area contributed by atoms with Crippen molar-refractivity contribution in [2.24, 2.45) is 5.41 Å². The highest BCUT2D eigenvalue weighted by molar-refractivity contribution is 4.91. The predicted octanol–water partition coefficient (Wildman–Crippen LogP) is 1.08. The highest BCUT2D eigenvalue weighted by Gasteiger charge is 2.51. The second kappa shape index (κ2) is 5.44. The van der Waals surface area contributed by atoms with Gasteiger partial charge in [0.05, 0.1) is 58.3 Å². The minimum atomic E-state index is -0.433. The molecule has 4 aliphatic heterocycles. The van der Waals surface area contributed by atoms with Gasteiger partial charge in [-0.15, -0.1) is 0 Å². The van der Waals surface area contributed by atoms with Crippen molar-refractivity contribution in [1.29, 1.82) is 0 Å². The minimum Gasteiger partial charge on any atom is -0.381 e. The quantitative estimate of drug-likeness (QED) is 0.667. The summed E-state index contributed by atoms with van der Waals surface area (Å²) in [6.07, 6.45) is 3.25. The molecule has 0 atom stereocenters. The maximum atomic E-state index is 6.09. The van der Waals surface area contributed by atoms with Crippen LogP contribution in [0.15, 0.2) is 0 Å². The van der Waals surface area contributed by atoms with Crippen LogP contribution in [0.3, 0.4) is 0 Å². The number of hydrogen-bond donors (Lipinski definition) is 0. The van der Waals surface area contributed by atoms with E-state index < -0.39 is 11.6 Å². The van der Waals surface area contributed by atoms with Crippen LogP contribution in [0.25, 0.3) is 0 Å². The standard InChI is InChI=1S/C15H24O6/c1-5-16-6-2-14(1)18-9-13(10-19-14)11-20-15(21-12-13)3-7-17-8-4-15/h1-12H2. The van der Waals surface area contributed by atoms with Gasteiger partial charge in [0.1, 0.15) is 0 Å². The normalized spacial score (nSPS) is 34.3. The zero-order valence-corrected chi connectivity index (χ0v) is 12.4. The van der Waals surface area contributed by atoms with Crippen LogP contribution < -0.4 is 0 Å². The highest BCUT2D eigenvalue weighted by atomic mass is 16.7. The van der Waals surface area contributed by atoms with Gasteiger partial charge in [-0.1, -0.05) is 0 Å². The molecule has 0 aromatic rings. The molecule has 120 valence electrons. The molecule has 4 heterocycles. The molecule has 6 heteroatoms. The van der Waals surface area contributed by atoms with Gasteiger partial charge in [-0.05, 0) is 0 Å². The van der Waals surface area contributed by atoms with Gasteiger partial charge >= 0.3 is 0 Å². The van der Waals surface area contributed by atoms with Gasteiger partial charge in [-0.3, -0.25) is 0 Å². The Balaban J connectivity index is 1.35. The molecule has 0 aliphatic carbocycles. The Morgan fingerprint density at radius 1 is 0.476 bits per heavy atom. The van der Waals surface area contributed by atoms with Gasteiger partial charge in [0, 0.05) is 25.7 Å². The fraction of sp³-hybridized carbons (Fsp3) is 1.00. The lowest BCUT2D eigenvalue weighted by Crippen LogP contribution is -2.60. The van der Waals surface area contributed by atoms with E-state index in [-0.39, 0.29) is 5.41 Å². The Morgan fingerprint density at radius 3 is 1.14 bits per heavy atom. The molecule has 0 N–H and O–H groups in total. The van der Waals surface area contributed by atoms with E-state index in [4.69, 9.17) is 28.4 Å². The Kier molecular flexibility index (Phi) is 3.72. The second-order valence-corrected chi connectivity index (χ2v) is 6.70. The van der Waals surface area contributed by atoms with Crippen LogP contribution >= 0.6 is 0 Å². The molecule has 3 spiro atoms. The van der Waals surface area contributed by atoms with Gasteiger partial charge in [-0.25, -0.2) is 0 Å². The van der Waals surface area contributed by atoms with Crippen LogP contribution in [0.4, 0.5) is 0 Å². The molecular weight excluding hydrogens is 276 g/mol. The first-order chi connectivity index (χ1) is 10.2. The van der Waals surface area contributed by atoms with Crippen LogP contribution in [-0.2, 0) is 28.4 Å². The lowest BCUT2D eigenvalue weighted by Gasteiger charge is -2.52. The summed E-state index contributed by atoms with van der Waals surface area (Å²) in [4.78, 5) is 0. The Bertz CT molecular complexity index is 313. The Hall–Kier alpha value is -0.240. The molecule has 0 aromatic heterocycles. The topological polar surface area (TPSA) is 55.4 Å². The summed E-state index contributed by atoms with van der Waals surface area (Å²) in [6.45, 7) is 5.40. The lowest BCUT2D eigenvalue weighted by atomic mass is 9.88. The van der Waals surface area contributed by atoms with Crippen molar-refractivity contribution in [2.45, 2.75) is 37.3 Å². The van der Waals surface area contributed by atoms with E-state index in [1.165, 1.54) is 0 Å². The third-order valence-corrected chi connectivity index (χ3v) is 5.07. The molecule has 0 unspecified atom stereocenters. The van der Waals surface area contributed by atoms with Crippen molar-refractivity contribution < 1.29 is 28.4 Å². The van der Waals surface area contributed by atoms with Gasteiger partial charge in [-0.2, -0.15) is 0 Å². The SMILES string of the molecule is C1CC2(CCO1)OCC1(CO2)COC2(CCOCC2)OC1. The van der Waals surface area contributed by atoms with Gasteiger partial charge in [0.25, 0.3) is 0 Å². The predicted molar refractivity (Wildman–Crippen MR) is 71.8 cm³/mol. The molecule has 0 aromatic carbocycles. The summed E-state index contributed by atoms with van der Waals surface area (Å²) in [5.41, 5.74) is -0.160. The van der Waals surface area contributed by atoms with Crippen molar-refractivity contribution in [3.8, 4) is 0 Å². The third kappa shape index (κ3) is 2.73. The third-order valence-electron chi connectivity index (χ3n) is 5.07. The van der Waals surface area contributed by atoms with Gasteiger partial charge in [0.15, 0.2) is 11.6 Å². The minimum absolute atomic E-state index is 0.160. The van der Waals surface area contributed by atoms with Crippen LogP contribution in [-0.4, -0.2) is 64.4 Å². The van der Waals surface area contributed by atoms with E-state index >= 15 is 0 Å². The second-order valence-electron chi connectivity index (χ2n) is 6.70. The first-order valence-corrected chi connectivity index (χ1v) is 7.95. The van der Waals surface area contributed by atoms with Crippen molar-refractivity contribution in [3.63, 3.8) is 0 Å². The zero-order valence-electron chi connectivity index (χ0n) is 12.4. The van der Waals surface area contributed by atoms with Crippen LogP contribution in [0.2, 0.25) is 0 Å². The Labute approximate surface area is 125 Å². The first-order valence-electron chi connectivity index (χ1n) is 7.95. The zero-order chi connectivity index (χ0) is 14.2. The fourth-order valence-corrected chi connectivity index (χ4v) is 3.41. The van der Waals surface area contributed by atoms with E-state index in [1.54, 1.807) is 0 Å². The molecule has 0 radical (unpaired) electrons. The van der Waals surface area contributed by atoms with E-state index in [2.05, 4.69) is 0 Å². The number of ether oxygens (including phenoxy) is 6. The molecule has 4 fully saturated rings. The van der Waals surface area contributed by atoms with Crippen molar-refractivity contribution in [3.05, 3.63) is 0 Å². The van der Waals surface area contributed by atoms with E-state index in [0.29, 0.717) is 52.9 Å². The van der Waals surface area contributed by atoms with Crippen LogP contribution in [0.5, 0.6) is 0 Å². The summed E-state index contributed by atoms with van der Waals surface area (Å²) < 4.78 is 35.1. The van der Waals surface area contributed by atoms with Crippen molar-refractivity contribution in [1.82, 2.24) is 0 Å². The molecule has 4 saturated heterocycles. The van der Waals surface area contributed by atoms with Gasteiger partial charge < -0.3 is 28.4 Å². The summed E-state index contributed by atoms with van der Waals surface area (Å²) >= 11 is 0. The van der Waals surface area contributed by atoms with E-state index in [0.717, 1.165) is 25.7 Å².